The summed E-state index contributed by atoms with van der Waals surface area (Å²) in [7, 11) is 0. The summed E-state index contributed by atoms with van der Waals surface area (Å²) in [4.78, 5) is 17.8. The van der Waals surface area contributed by atoms with Crippen molar-refractivity contribution in [1.29, 1.82) is 0 Å². The lowest BCUT2D eigenvalue weighted by molar-refractivity contribution is -0.173. The molecule has 1 aromatic heterocycles. The molecule has 0 radical (unpaired) electrons. The predicted octanol–water partition coefficient (Wildman–Crippen LogP) is 6.85. The van der Waals surface area contributed by atoms with Crippen molar-refractivity contribution < 1.29 is 18.0 Å². The number of nitrogens with zero attached hydrogens (tertiary/aromatic N) is 4. The van der Waals surface area contributed by atoms with Crippen molar-refractivity contribution >= 4 is 27.7 Å². The predicted molar refractivity (Wildman–Crippen MR) is 155 cm³/mol. The molecule has 2 atom stereocenters. The fraction of sp³-hybridized carbons (Fsp3) is 0.290. The molecule has 41 heavy (non-hydrogen) atoms. The Hall–Kier alpha value is -3.63. The number of amides is 1. The van der Waals surface area contributed by atoms with Crippen LogP contribution in [-0.4, -0.2) is 57.8 Å². The van der Waals surface area contributed by atoms with Gasteiger partial charge in [-0.15, -0.1) is 0 Å². The first kappa shape index (κ1) is 27.5. The summed E-state index contributed by atoms with van der Waals surface area (Å²) in [6.07, 6.45) is -3.45. The molecule has 2 aliphatic heterocycles. The highest BCUT2D eigenvalue weighted by Crippen LogP contribution is 2.44. The minimum absolute atomic E-state index is 0.0411. The van der Waals surface area contributed by atoms with Gasteiger partial charge in [0, 0.05) is 37.1 Å². The molecule has 2 aliphatic rings. The zero-order chi connectivity index (χ0) is 28.6. The van der Waals surface area contributed by atoms with Gasteiger partial charge in [0.25, 0.3) is 5.91 Å². The topological polar surface area (TPSA) is 53.4 Å². The Kier molecular flexibility index (Phi) is 7.61. The first-order valence-corrected chi connectivity index (χ1v) is 14.4. The Balaban J connectivity index is 1.23. The van der Waals surface area contributed by atoms with Crippen LogP contribution in [0, 0.1) is 0 Å². The number of fused-ring (bicyclic) bond motifs is 1. The molecule has 0 bridgehead atoms. The molecule has 0 spiro atoms. The number of rotatable bonds is 5. The number of carbonyl (C=O) groups excluding carboxylic acids is 1. The molecule has 1 saturated heterocycles. The van der Waals surface area contributed by atoms with Crippen LogP contribution in [0.5, 0.6) is 0 Å². The van der Waals surface area contributed by atoms with Gasteiger partial charge in [-0.25, -0.2) is 4.68 Å². The SMILES string of the molecule is O=C(c1cnn2c1NC(c1ccc(Br)cc1)CC2C(F)(F)F)N1CCN(C(c2ccccc2)c2ccccc2)CC1. The third kappa shape index (κ3) is 5.63. The lowest BCUT2D eigenvalue weighted by atomic mass is 9.96. The van der Waals surface area contributed by atoms with Crippen LogP contribution in [0.25, 0.3) is 0 Å². The fourth-order valence-electron chi connectivity index (χ4n) is 5.87. The van der Waals surface area contributed by atoms with E-state index in [9.17, 15) is 18.0 Å². The lowest BCUT2D eigenvalue weighted by Gasteiger charge is -2.40. The molecular formula is C31H29BrF3N5O. The molecule has 1 fully saturated rings. The number of aromatic nitrogens is 2. The maximum absolute atomic E-state index is 14.1. The Labute approximate surface area is 244 Å². The molecule has 4 aromatic rings. The molecule has 0 saturated carbocycles. The van der Waals surface area contributed by atoms with Crippen molar-refractivity contribution in [3.8, 4) is 0 Å². The molecule has 212 valence electrons. The number of halogens is 4. The highest BCUT2D eigenvalue weighted by molar-refractivity contribution is 9.10. The van der Waals surface area contributed by atoms with Crippen LogP contribution in [0.15, 0.2) is 95.6 Å². The Morgan fingerprint density at radius 2 is 1.46 bits per heavy atom. The number of hydrogen-bond donors (Lipinski definition) is 1. The monoisotopic (exact) mass is 623 g/mol. The van der Waals surface area contributed by atoms with Gasteiger partial charge >= 0.3 is 6.18 Å². The van der Waals surface area contributed by atoms with Crippen molar-refractivity contribution in [1.82, 2.24) is 19.6 Å². The first-order chi connectivity index (χ1) is 19.8. The summed E-state index contributed by atoms with van der Waals surface area (Å²) < 4.78 is 44.2. The van der Waals surface area contributed by atoms with Gasteiger partial charge in [0.1, 0.15) is 11.4 Å². The van der Waals surface area contributed by atoms with E-state index in [-0.39, 0.29) is 29.8 Å². The van der Waals surface area contributed by atoms with E-state index in [2.05, 4.69) is 55.5 Å². The number of nitrogens with one attached hydrogen (secondary N) is 1. The van der Waals surface area contributed by atoms with Crippen LogP contribution < -0.4 is 5.32 Å². The van der Waals surface area contributed by atoms with E-state index in [1.54, 1.807) is 29.2 Å². The van der Waals surface area contributed by atoms with E-state index in [4.69, 9.17) is 0 Å². The first-order valence-electron chi connectivity index (χ1n) is 13.6. The zero-order valence-electron chi connectivity index (χ0n) is 22.1. The molecule has 6 nitrogen and oxygen atoms in total. The van der Waals surface area contributed by atoms with E-state index in [0.29, 0.717) is 26.2 Å². The number of alkyl halides is 3. The van der Waals surface area contributed by atoms with Crippen LogP contribution in [-0.2, 0) is 0 Å². The number of piperazine rings is 1. The molecule has 6 rings (SSSR count). The van der Waals surface area contributed by atoms with Gasteiger partial charge < -0.3 is 10.2 Å². The summed E-state index contributed by atoms with van der Waals surface area (Å²) >= 11 is 3.38. The molecule has 10 heteroatoms. The summed E-state index contributed by atoms with van der Waals surface area (Å²) in [5.74, 6) is -0.197. The maximum atomic E-state index is 14.1. The van der Waals surface area contributed by atoms with Crippen LogP contribution in [0.3, 0.4) is 0 Å². The molecule has 2 unspecified atom stereocenters. The molecule has 1 N–H and O–H groups in total. The molecule has 3 aromatic carbocycles. The summed E-state index contributed by atoms with van der Waals surface area (Å²) in [5.41, 5.74) is 3.23. The van der Waals surface area contributed by atoms with Gasteiger partial charge in [-0.1, -0.05) is 88.7 Å². The second-order valence-corrected chi connectivity index (χ2v) is 11.4. The van der Waals surface area contributed by atoms with Crippen molar-refractivity contribution in [3.05, 3.63) is 118 Å². The second kappa shape index (κ2) is 11.3. The van der Waals surface area contributed by atoms with E-state index in [1.165, 1.54) is 17.3 Å². The average Bonchev–Trinajstić information content (AvgIpc) is 3.42. The summed E-state index contributed by atoms with van der Waals surface area (Å²) in [5, 5.41) is 7.25. The molecular weight excluding hydrogens is 595 g/mol. The second-order valence-electron chi connectivity index (χ2n) is 10.4. The Bertz CT molecular complexity index is 1450. The van der Waals surface area contributed by atoms with Crippen LogP contribution in [0.1, 0.15) is 51.6 Å². The fourth-order valence-corrected chi connectivity index (χ4v) is 6.14. The number of hydrogen-bond acceptors (Lipinski definition) is 4. The average molecular weight is 625 g/mol. The molecule has 0 aliphatic carbocycles. The van der Waals surface area contributed by atoms with E-state index in [0.717, 1.165) is 14.7 Å². The van der Waals surface area contributed by atoms with Crippen LogP contribution >= 0.6 is 15.9 Å². The lowest BCUT2D eigenvalue weighted by Crippen LogP contribution is -2.50. The maximum Gasteiger partial charge on any atom is 0.410 e. The third-order valence-corrected chi connectivity index (χ3v) is 8.47. The van der Waals surface area contributed by atoms with Crippen LogP contribution in [0.4, 0.5) is 19.0 Å². The van der Waals surface area contributed by atoms with Crippen LogP contribution in [0.2, 0.25) is 0 Å². The minimum atomic E-state index is -4.51. The highest BCUT2D eigenvalue weighted by atomic mass is 79.9. The number of benzene rings is 3. The van der Waals surface area contributed by atoms with Crippen molar-refractivity contribution in [2.24, 2.45) is 0 Å². The van der Waals surface area contributed by atoms with Gasteiger partial charge in [0.15, 0.2) is 6.04 Å². The van der Waals surface area contributed by atoms with Gasteiger partial charge in [-0.05, 0) is 28.8 Å². The van der Waals surface area contributed by atoms with E-state index < -0.39 is 18.3 Å². The highest BCUT2D eigenvalue weighted by Gasteiger charge is 2.47. The minimum Gasteiger partial charge on any atom is -0.363 e. The van der Waals surface area contributed by atoms with Crippen molar-refractivity contribution in [2.45, 2.75) is 30.7 Å². The third-order valence-electron chi connectivity index (χ3n) is 7.94. The van der Waals surface area contributed by atoms with Gasteiger partial charge in [-0.2, -0.15) is 18.3 Å². The van der Waals surface area contributed by atoms with Gasteiger partial charge in [0.2, 0.25) is 0 Å². The van der Waals surface area contributed by atoms with Gasteiger partial charge in [0.05, 0.1) is 18.3 Å². The van der Waals surface area contributed by atoms with Gasteiger partial charge in [-0.3, -0.25) is 9.69 Å². The summed E-state index contributed by atoms with van der Waals surface area (Å²) in [6.45, 7) is 2.17. The van der Waals surface area contributed by atoms with Crippen molar-refractivity contribution in [2.75, 3.05) is 31.5 Å². The van der Waals surface area contributed by atoms with E-state index >= 15 is 0 Å². The Morgan fingerprint density at radius 1 is 0.878 bits per heavy atom. The Morgan fingerprint density at radius 3 is 2.02 bits per heavy atom. The largest absolute Gasteiger partial charge is 0.410 e. The zero-order valence-corrected chi connectivity index (χ0v) is 23.7. The molecule has 1 amide bonds. The standard InChI is InChI=1S/C31H29BrF3N5O/c32-24-13-11-21(12-14-24)26-19-27(31(33,34)35)40-29(37-26)25(20-36-40)30(41)39-17-15-38(16-18-39)28(22-7-3-1-4-8-22)23-9-5-2-6-10-23/h1-14,20,26-28,37H,15-19H2. The smallest absolute Gasteiger partial charge is 0.363 e. The quantitative estimate of drug-likeness (QED) is 0.264. The van der Waals surface area contributed by atoms with E-state index in [1.807, 2.05) is 36.4 Å². The number of carbonyl (C=O) groups is 1. The normalized spacial score (nSPS) is 19.6. The number of anilines is 1. The molecule has 3 heterocycles. The summed E-state index contributed by atoms with van der Waals surface area (Å²) in [6, 6.07) is 25.3. The van der Waals surface area contributed by atoms with Crippen molar-refractivity contribution in [3.63, 3.8) is 0 Å².